The number of hydrogen-bond donors (Lipinski definition) is 0. The molecule has 6 heteroatoms. The first-order valence-corrected chi connectivity index (χ1v) is 8.95. The molecule has 1 aliphatic heterocycles. The Balaban J connectivity index is 1.72. The molecule has 0 bridgehead atoms. The number of likely N-dealkylation sites (tertiary alicyclic amines) is 1. The van der Waals surface area contributed by atoms with Gasteiger partial charge in [0.25, 0.3) is 5.91 Å². The van der Waals surface area contributed by atoms with Crippen LogP contribution in [-0.2, 0) is 14.3 Å². The number of carbonyl (C=O) groups excluding carboxylic acids is 3. The van der Waals surface area contributed by atoms with E-state index < -0.39 is 5.97 Å². The molecule has 0 spiro atoms. The van der Waals surface area contributed by atoms with E-state index in [1.54, 1.807) is 29.2 Å². The molecule has 1 aromatic carbocycles. The number of rotatable bonds is 6. The Kier molecular flexibility index (Phi) is 7.00. The Hall–Kier alpha value is -1.88. The third-order valence-electron chi connectivity index (χ3n) is 4.30. The lowest BCUT2D eigenvalue weighted by molar-refractivity contribution is -0.153. The van der Waals surface area contributed by atoms with Gasteiger partial charge in [0.1, 0.15) is 0 Å². The van der Waals surface area contributed by atoms with E-state index in [0.717, 1.165) is 6.42 Å². The highest BCUT2D eigenvalue weighted by atomic mass is 35.5. The zero-order valence-electron chi connectivity index (χ0n) is 14.7. The number of halogens is 1. The van der Waals surface area contributed by atoms with Crippen molar-refractivity contribution in [3.63, 3.8) is 0 Å². The van der Waals surface area contributed by atoms with Gasteiger partial charge in [0.15, 0.2) is 12.4 Å². The van der Waals surface area contributed by atoms with Crippen molar-refractivity contribution in [3.8, 4) is 0 Å². The van der Waals surface area contributed by atoms with E-state index in [0.29, 0.717) is 35.5 Å². The summed E-state index contributed by atoms with van der Waals surface area (Å²) in [6.07, 6.45) is 1.12. The summed E-state index contributed by atoms with van der Waals surface area (Å²) in [4.78, 5) is 37.7. The molecule has 1 heterocycles. The van der Waals surface area contributed by atoms with Crippen LogP contribution in [0.3, 0.4) is 0 Å². The summed E-state index contributed by atoms with van der Waals surface area (Å²) in [6, 6.07) is 6.51. The van der Waals surface area contributed by atoms with Crippen molar-refractivity contribution in [2.75, 3.05) is 19.7 Å². The van der Waals surface area contributed by atoms with Crippen LogP contribution in [0.15, 0.2) is 24.3 Å². The molecule has 1 aromatic rings. The molecule has 1 amide bonds. The van der Waals surface area contributed by atoms with Crippen molar-refractivity contribution in [1.29, 1.82) is 0 Å². The molecule has 0 aromatic heterocycles. The SMILES string of the molecule is CC1CC(C)CN(C(=O)COC(=O)CCC(=O)c2ccc(Cl)cc2)C1. The van der Waals surface area contributed by atoms with Crippen molar-refractivity contribution in [3.05, 3.63) is 34.9 Å². The largest absolute Gasteiger partial charge is 0.456 e. The predicted molar refractivity (Wildman–Crippen MR) is 95.5 cm³/mol. The number of amides is 1. The summed E-state index contributed by atoms with van der Waals surface area (Å²) in [5, 5.41) is 0.552. The molecule has 136 valence electrons. The molecule has 2 atom stereocenters. The van der Waals surface area contributed by atoms with Crippen LogP contribution in [-0.4, -0.2) is 42.3 Å². The minimum atomic E-state index is -0.534. The van der Waals surface area contributed by atoms with Gasteiger partial charge in [0.05, 0.1) is 6.42 Å². The number of ketones is 1. The van der Waals surface area contributed by atoms with Crippen molar-refractivity contribution in [1.82, 2.24) is 4.90 Å². The van der Waals surface area contributed by atoms with E-state index >= 15 is 0 Å². The number of Topliss-reactive ketones (excluding diaryl/α,β-unsaturated/α-hetero) is 1. The number of nitrogens with zero attached hydrogens (tertiary/aromatic N) is 1. The van der Waals surface area contributed by atoms with Gasteiger partial charge in [-0.05, 0) is 42.5 Å². The van der Waals surface area contributed by atoms with Crippen LogP contribution in [0, 0.1) is 11.8 Å². The molecule has 1 saturated heterocycles. The quantitative estimate of drug-likeness (QED) is 0.573. The molecule has 2 rings (SSSR count). The van der Waals surface area contributed by atoms with Crippen LogP contribution in [0.2, 0.25) is 5.02 Å². The predicted octanol–water partition coefficient (Wildman–Crippen LogP) is 3.35. The maximum absolute atomic E-state index is 12.2. The molecule has 25 heavy (non-hydrogen) atoms. The van der Waals surface area contributed by atoms with Gasteiger partial charge < -0.3 is 9.64 Å². The Labute approximate surface area is 153 Å². The highest BCUT2D eigenvalue weighted by Gasteiger charge is 2.25. The summed E-state index contributed by atoms with van der Waals surface area (Å²) in [7, 11) is 0. The second kappa shape index (κ2) is 8.99. The fourth-order valence-corrected chi connectivity index (χ4v) is 3.29. The second-order valence-electron chi connectivity index (χ2n) is 6.84. The molecule has 0 radical (unpaired) electrons. The lowest BCUT2D eigenvalue weighted by Gasteiger charge is -2.34. The zero-order chi connectivity index (χ0) is 18.4. The summed E-state index contributed by atoms with van der Waals surface area (Å²) in [5.74, 6) is 0.0592. The molecule has 0 aliphatic carbocycles. The lowest BCUT2D eigenvalue weighted by atomic mass is 9.92. The second-order valence-corrected chi connectivity index (χ2v) is 7.27. The van der Waals surface area contributed by atoms with E-state index in [4.69, 9.17) is 16.3 Å². The van der Waals surface area contributed by atoms with Gasteiger partial charge in [-0.25, -0.2) is 0 Å². The fourth-order valence-electron chi connectivity index (χ4n) is 3.17. The minimum absolute atomic E-state index is 0.0401. The standard InChI is InChI=1S/C19H24ClNO4/c1-13-9-14(2)11-21(10-13)18(23)12-25-19(24)8-7-17(22)15-3-5-16(20)6-4-15/h3-6,13-14H,7-12H2,1-2H3. The van der Waals surface area contributed by atoms with Gasteiger partial charge in [-0.3, -0.25) is 14.4 Å². The monoisotopic (exact) mass is 365 g/mol. The molecule has 5 nitrogen and oxygen atoms in total. The Bertz CT molecular complexity index is 619. The maximum atomic E-state index is 12.2. The summed E-state index contributed by atoms with van der Waals surface area (Å²) in [5.41, 5.74) is 0.504. The lowest BCUT2D eigenvalue weighted by Crippen LogP contribution is -2.44. The van der Waals surface area contributed by atoms with Crippen LogP contribution >= 0.6 is 11.6 Å². The molecule has 0 N–H and O–H groups in total. The van der Waals surface area contributed by atoms with Gasteiger partial charge in [-0.15, -0.1) is 0 Å². The minimum Gasteiger partial charge on any atom is -0.456 e. The number of hydrogen-bond acceptors (Lipinski definition) is 4. The van der Waals surface area contributed by atoms with Crippen LogP contribution in [0.25, 0.3) is 0 Å². The average Bonchev–Trinajstić information content (AvgIpc) is 2.57. The number of carbonyl (C=O) groups is 3. The van der Waals surface area contributed by atoms with Crippen LogP contribution in [0.4, 0.5) is 0 Å². The molecule has 1 aliphatic rings. The Morgan fingerprint density at radius 3 is 2.28 bits per heavy atom. The first-order valence-electron chi connectivity index (χ1n) is 8.57. The highest BCUT2D eigenvalue weighted by molar-refractivity contribution is 6.30. The molecule has 2 unspecified atom stereocenters. The zero-order valence-corrected chi connectivity index (χ0v) is 15.4. The van der Waals surface area contributed by atoms with Crippen LogP contribution in [0.5, 0.6) is 0 Å². The van der Waals surface area contributed by atoms with Crippen LogP contribution in [0.1, 0.15) is 43.5 Å². The highest BCUT2D eigenvalue weighted by Crippen LogP contribution is 2.21. The van der Waals surface area contributed by atoms with Gasteiger partial charge in [0, 0.05) is 30.1 Å². The third-order valence-corrected chi connectivity index (χ3v) is 4.55. The number of piperidine rings is 1. The number of esters is 1. The molecular formula is C19H24ClNO4. The summed E-state index contributed by atoms with van der Waals surface area (Å²) in [6.45, 7) is 5.38. The summed E-state index contributed by atoms with van der Waals surface area (Å²) >= 11 is 5.78. The number of benzene rings is 1. The Morgan fingerprint density at radius 1 is 1.08 bits per heavy atom. The Morgan fingerprint density at radius 2 is 1.68 bits per heavy atom. The molecular weight excluding hydrogens is 342 g/mol. The van der Waals surface area contributed by atoms with Gasteiger partial charge in [-0.2, -0.15) is 0 Å². The summed E-state index contributed by atoms with van der Waals surface area (Å²) < 4.78 is 5.03. The van der Waals surface area contributed by atoms with Gasteiger partial charge in [0.2, 0.25) is 0 Å². The average molecular weight is 366 g/mol. The number of ether oxygens (including phenoxy) is 1. The smallest absolute Gasteiger partial charge is 0.306 e. The van der Waals surface area contributed by atoms with Gasteiger partial charge in [-0.1, -0.05) is 25.4 Å². The topological polar surface area (TPSA) is 63.7 Å². The molecule has 1 fully saturated rings. The normalized spacial score (nSPS) is 20.2. The fraction of sp³-hybridized carbons (Fsp3) is 0.526. The van der Waals surface area contributed by atoms with Crippen molar-refractivity contribution in [2.24, 2.45) is 11.8 Å². The van der Waals surface area contributed by atoms with Crippen molar-refractivity contribution >= 4 is 29.3 Å². The maximum Gasteiger partial charge on any atom is 0.306 e. The van der Waals surface area contributed by atoms with Crippen molar-refractivity contribution in [2.45, 2.75) is 33.1 Å². The van der Waals surface area contributed by atoms with Gasteiger partial charge >= 0.3 is 5.97 Å². The van der Waals surface area contributed by atoms with Crippen molar-refractivity contribution < 1.29 is 19.1 Å². The van der Waals surface area contributed by atoms with E-state index in [1.165, 1.54) is 0 Å². The third kappa shape index (κ3) is 6.16. The van der Waals surface area contributed by atoms with E-state index in [-0.39, 0.29) is 31.1 Å². The van der Waals surface area contributed by atoms with E-state index in [2.05, 4.69) is 13.8 Å². The van der Waals surface area contributed by atoms with Crippen LogP contribution < -0.4 is 0 Å². The first kappa shape index (κ1) is 19.4. The van der Waals surface area contributed by atoms with E-state index in [1.807, 2.05) is 0 Å². The molecule has 0 saturated carbocycles. The first-order chi connectivity index (χ1) is 11.8. The van der Waals surface area contributed by atoms with E-state index in [9.17, 15) is 14.4 Å².